The first kappa shape index (κ1) is 19.2. The molecule has 0 aliphatic rings. The number of thioether (sulfide) groups is 1. The first-order chi connectivity index (χ1) is 11.5. The van der Waals surface area contributed by atoms with Crippen molar-refractivity contribution in [3.8, 4) is 0 Å². The molecule has 0 unspecified atom stereocenters. The van der Waals surface area contributed by atoms with Crippen LogP contribution in [0.1, 0.15) is 22.3 Å². The smallest absolute Gasteiger partial charge is 0.224 e. The summed E-state index contributed by atoms with van der Waals surface area (Å²) in [5.74, 6) is 1.72. The van der Waals surface area contributed by atoms with E-state index in [1.165, 1.54) is 5.56 Å². The molecule has 1 N–H and O–H groups in total. The molecule has 0 saturated heterocycles. The van der Waals surface area contributed by atoms with Crippen molar-refractivity contribution in [3.05, 3.63) is 68.7 Å². The number of aryl methyl sites for hydroxylation is 2. The maximum atomic E-state index is 12.0. The Morgan fingerprint density at radius 1 is 1.08 bits per heavy atom. The quantitative estimate of drug-likeness (QED) is 0.667. The Kier molecular flexibility index (Phi) is 7.47. The Hall–Kier alpha value is -1.16. The number of benzene rings is 2. The molecular weight excluding hydrogens is 361 g/mol. The number of amides is 1. The molecule has 1 amide bonds. The van der Waals surface area contributed by atoms with Gasteiger partial charge >= 0.3 is 0 Å². The van der Waals surface area contributed by atoms with E-state index in [1.807, 2.05) is 31.2 Å². The Labute approximate surface area is 157 Å². The van der Waals surface area contributed by atoms with Gasteiger partial charge < -0.3 is 5.32 Å². The average molecular weight is 382 g/mol. The molecule has 2 aromatic rings. The van der Waals surface area contributed by atoms with Crippen molar-refractivity contribution in [2.45, 2.75) is 26.0 Å². The molecule has 2 aromatic carbocycles. The molecule has 0 fully saturated rings. The zero-order chi connectivity index (χ0) is 17.5. The molecular formula is C19H21Cl2NOS. The minimum Gasteiger partial charge on any atom is -0.355 e. The minimum atomic E-state index is 0.0621. The van der Waals surface area contributed by atoms with Crippen LogP contribution < -0.4 is 5.32 Å². The lowest BCUT2D eigenvalue weighted by atomic mass is 10.0. The SMILES string of the molecule is Cc1ccc(CC(=O)NCCSCc2ccc(Cl)cc2Cl)c(C)c1. The van der Waals surface area contributed by atoms with Gasteiger partial charge in [-0.15, -0.1) is 0 Å². The number of halogens is 2. The van der Waals surface area contributed by atoms with Crippen LogP contribution in [0.15, 0.2) is 36.4 Å². The number of rotatable bonds is 7. The third kappa shape index (κ3) is 6.04. The van der Waals surface area contributed by atoms with Crippen LogP contribution in [-0.2, 0) is 17.0 Å². The van der Waals surface area contributed by atoms with Gasteiger partial charge in [0, 0.05) is 28.1 Å². The second kappa shape index (κ2) is 9.36. The van der Waals surface area contributed by atoms with Crippen LogP contribution in [0.2, 0.25) is 10.0 Å². The molecule has 24 heavy (non-hydrogen) atoms. The molecule has 0 aliphatic heterocycles. The molecule has 128 valence electrons. The van der Waals surface area contributed by atoms with E-state index in [2.05, 4.69) is 18.3 Å². The van der Waals surface area contributed by atoms with Crippen molar-refractivity contribution in [1.29, 1.82) is 0 Å². The zero-order valence-electron chi connectivity index (χ0n) is 13.9. The third-order valence-corrected chi connectivity index (χ3v) is 5.29. The van der Waals surface area contributed by atoms with Crippen LogP contribution in [0.3, 0.4) is 0 Å². The molecule has 2 nitrogen and oxygen atoms in total. The number of carbonyl (C=O) groups is 1. The molecule has 5 heteroatoms. The molecule has 0 radical (unpaired) electrons. The molecule has 2 rings (SSSR count). The predicted octanol–water partition coefficient (Wildman–Crippen LogP) is 5.20. The highest BCUT2D eigenvalue weighted by atomic mass is 35.5. The van der Waals surface area contributed by atoms with Crippen molar-refractivity contribution in [2.75, 3.05) is 12.3 Å². The van der Waals surface area contributed by atoms with Gasteiger partial charge in [-0.3, -0.25) is 4.79 Å². The van der Waals surface area contributed by atoms with Gasteiger partial charge in [-0.05, 0) is 42.7 Å². The Morgan fingerprint density at radius 3 is 2.54 bits per heavy atom. The standard InChI is InChI=1S/C19H21Cl2NOS/c1-13-3-4-15(14(2)9-13)10-19(23)22-7-8-24-12-16-5-6-17(20)11-18(16)21/h3-6,9,11H,7-8,10,12H2,1-2H3,(H,22,23). The maximum absolute atomic E-state index is 12.0. The number of hydrogen-bond donors (Lipinski definition) is 1. The molecule has 0 bridgehead atoms. The van der Waals surface area contributed by atoms with Gasteiger partial charge in [0.15, 0.2) is 0 Å². The Morgan fingerprint density at radius 2 is 1.83 bits per heavy atom. The summed E-state index contributed by atoms with van der Waals surface area (Å²) in [5, 5.41) is 4.30. The second-order valence-corrected chi connectivity index (χ2v) is 7.69. The molecule has 0 aromatic heterocycles. The lowest BCUT2D eigenvalue weighted by Gasteiger charge is -2.09. The monoisotopic (exact) mass is 381 g/mol. The fraction of sp³-hybridized carbons (Fsp3) is 0.316. The highest BCUT2D eigenvalue weighted by Gasteiger charge is 2.06. The van der Waals surface area contributed by atoms with Crippen molar-refractivity contribution in [2.24, 2.45) is 0 Å². The molecule has 0 saturated carbocycles. The lowest BCUT2D eigenvalue weighted by Crippen LogP contribution is -2.27. The van der Waals surface area contributed by atoms with Crippen molar-refractivity contribution in [3.63, 3.8) is 0 Å². The lowest BCUT2D eigenvalue weighted by molar-refractivity contribution is -0.120. The zero-order valence-corrected chi connectivity index (χ0v) is 16.2. The van der Waals surface area contributed by atoms with E-state index in [1.54, 1.807) is 17.8 Å². The molecule has 0 atom stereocenters. The molecule has 0 spiro atoms. The van der Waals surface area contributed by atoms with E-state index in [-0.39, 0.29) is 5.91 Å². The second-order valence-electron chi connectivity index (χ2n) is 5.74. The molecule has 0 heterocycles. The number of carbonyl (C=O) groups excluding carboxylic acids is 1. The Balaban J connectivity index is 1.69. The van der Waals surface area contributed by atoms with Crippen molar-refractivity contribution >= 4 is 40.9 Å². The summed E-state index contributed by atoms with van der Waals surface area (Å²) < 4.78 is 0. The summed E-state index contributed by atoms with van der Waals surface area (Å²) >= 11 is 13.8. The first-order valence-electron chi connectivity index (χ1n) is 7.80. The summed E-state index contributed by atoms with van der Waals surface area (Å²) in [5.41, 5.74) is 4.53. The largest absolute Gasteiger partial charge is 0.355 e. The van der Waals surface area contributed by atoms with E-state index in [0.717, 1.165) is 28.2 Å². The normalized spacial score (nSPS) is 10.7. The van der Waals surface area contributed by atoms with Gasteiger partial charge in [0.1, 0.15) is 0 Å². The highest BCUT2D eigenvalue weighted by molar-refractivity contribution is 7.98. The van der Waals surface area contributed by atoms with Crippen LogP contribution in [0.25, 0.3) is 0 Å². The predicted molar refractivity (Wildman–Crippen MR) is 105 cm³/mol. The summed E-state index contributed by atoms with van der Waals surface area (Å²) in [6.45, 7) is 4.75. The average Bonchev–Trinajstić information content (AvgIpc) is 2.51. The van der Waals surface area contributed by atoms with E-state index >= 15 is 0 Å². The van der Waals surface area contributed by atoms with E-state index in [9.17, 15) is 4.79 Å². The third-order valence-electron chi connectivity index (χ3n) is 3.69. The van der Waals surface area contributed by atoms with Gasteiger partial charge in [0.25, 0.3) is 0 Å². The topological polar surface area (TPSA) is 29.1 Å². The number of nitrogens with one attached hydrogen (secondary N) is 1. The highest BCUT2D eigenvalue weighted by Crippen LogP contribution is 2.24. The van der Waals surface area contributed by atoms with Gasteiger partial charge in [-0.25, -0.2) is 0 Å². The van der Waals surface area contributed by atoms with Crippen LogP contribution >= 0.6 is 35.0 Å². The van der Waals surface area contributed by atoms with Gasteiger partial charge in [-0.2, -0.15) is 11.8 Å². The van der Waals surface area contributed by atoms with E-state index < -0.39 is 0 Å². The van der Waals surface area contributed by atoms with Crippen LogP contribution in [-0.4, -0.2) is 18.2 Å². The molecule has 0 aliphatic carbocycles. The van der Waals surface area contributed by atoms with Crippen LogP contribution in [0.4, 0.5) is 0 Å². The van der Waals surface area contributed by atoms with E-state index in [0.29, 0.717) is 23.0 Å². The van der Waals surface area contributed by atoms with Crippen molar-refractivity contribution in [1.82, 2.24) is 5.32 Å². The van der Waals surface area contributed by atoms with Crippen LogP contribution in [0.5, 0.6) is 0 Å². The summed E-state index contributed by atoms with van der Waals surface area (Å²) in [6, 6.07) is 11.7. The summed E-state index contributed by atoms with van der Waals surface area (Å²) in [7, 11) is 0. The van der Waals surface area contributed by atoms with Gasteiger partial charge in [0.2, 0.25) is 5.91 Å². The fourth-order valence-electron chi connectivity index (χ4n) is 2.36. The van der Waals surface area contributed by atoms with Gasteiger partial charge in [-0.1, -0.05) is 53.0 Å². The van der Waals surface area contributed by atoms with Gasteiger partial charge in [0.05, 0.1) is 6.42 Å². The summed E-state index contributed by atoms with van der Waals surface area (Å²) in [6.07, 6.45) is 0.430. The number of hydrogen-bond acceptors (Lipinski definition) is 2. The first-order valence-corrected chi connectivity index (χ1v) is 9.71. The van der Waals surface area contributed by atoms with Crippen molar-refractivity contribution < 1.29 is 4.79 Å². The maximum Gasteiger partial charge on any atom is 0.224 e. The minimum absolute atomic E-state index is 0.0621. The Bertz CT molecular complexity index is 719. The summed E-state index contributed by atoms with van der Waals surface area (Å²) in [4.78, 5) is 12.0. The van der Waals surface area contributed by atoms with Crippen LogP contribution in [0, 0.1) is 13.8 Å². The van der Waals surface area contributed by atoms with E-state index in [4.69, 9.17) is 23.2 Å². The fourth-order valence-corrected chi connectivity index (χ4v) is 3.78.